The number of hydrogen-bond donors (Lipinski definition) is 1. The summed E-state index contributed by atoms with van der Waals surface area (Å²) in [4.78, 5) is 16.5. The van der Waals surface area contributed by atoms with Crippen molar-refractivity contribution < 1.29 is 9.53 Å². The summed E-state index contributed by atoms with van der Waals surface area (Å²) in [5.41, 5.74) is 4.94. The van der Waals surface area contributed by atoms with E-state index in [4.69, 9.17) is 16.9 Å². The lowest BCUT2D eigenvalue weighted by Gasteiger charge is -2.32. The van der Waals surface area contributed by atoms with E-state index in [0.29, 0.717) is 0 Å². The number of amides is 2. The first-order valence-electron chi connectivity index (χ1n) is 4.15. The Hall–Kier alpha value is -1.54. The summed E-state index contributed by atoms with van der Waals surface area (Å²) in [5, 5.41) is 0. The van der Waals surface area contributed by atoms with Gasteiger partial charge < -0.3 is 10.5 Å². The molecule has 1 aliphatic heterocycles. The highest BCUT2D eigenvalue weighted by Crippen LogP contribution is 2.22. The maximum atomic E-state index is 11.4. The van der Waals surface area contributed by atoms with Crippen LogP contribution in [0.5, 0.6) is 0 Å². The van der Waals surface area contributed by atoms with Gasteiger partial charge in [0.15, 0.2) is 0 Å². The molecule has 76 valence electrons. The molecule has 0 aromatic carbocycles. The molecule has 5 nitrogen and oxygen atoms in total. The average Bonchev–Trinajstić information content (AvgIpc) is 2.31. The number of nitrogens with two attached hydrogens (primary N) is 1. The van der Waals surface area contributed by atoms with Gasteiger partial charge in [0, 0.05) is 7.11 Å². The van der Waals surface area contributed by atoms with Gasteiger partial charge in [0.25, 0.3) is 0 Å². The van der Waals surface area contributed by atoms with Crippen molar-refractivity contribution in [1.29, 1.82) is 0 Å². The predicted octanol–water partition coefficient (Wildman–Crippen LogP) is -0.182. The van der Waals surface area contributed by atoms with Gasteiger partial charge in [-0.1, -0.05) is 5.92 Å². The first kappa shape index (κ1) is 10.5. The van der Waals surface area contributed by atoms with Crippen molar-refractivity contribution in [3.8, 4) is 12.3 Å². The number of terminal acetylenes is 1. The van der Waals surface area contributed by atoms with Gasteiger partial charge in [0.1, 0.15) is 11.4 Å². The summed E-state index contributed by atoms with van der Waals surface area (Å²) in [5.74, 6) is 2.64. The molecule has 1 unspecified atom stereocenters. The maximum Gasteiger partial charge on any atom is 0.346 e. The van der Waals surface area contributed by atoms with Crippen LogP contribution in [0.25, 0.3) is 0 Å². The fourth-order valence-electron chi connectivity index (χ4n) is 1.40. The van der Waals surface area contributed by atoms with Gasteiger partial charge in [-0.25, -0.2) is 4.79 Å². The van der Waals surface area contributed by atoms with Crippen LogP contribution in [0.1, 0.15) is 6.92 Å². The highest BCUT2D eigenvalue weighted by molar-refractivity contribution is 6.05. The Balaban J connectivity index is 2.95. The van der Waals surface area contributed by atoms with Crippen LogP contribution < -0.4 is 5.73 Å². The molecule has 14 heavy (non-hydrogen) atoms. The van der Waals surface area contributed by atoms with Crippen molar-refractivity contribution in [2.75, 3.05) is 20.3 Å². The average molecular weight is 195 g/mol. The normalized spacial score (nSPS) is 26.2. The van der Waals surface area contributed by atoms with Crippen molar-refractivity contribution in [3.05, 3.63) is 0 Å². The number of hydrogen-bond acceptors (Lipinski definition) is 3. The number of amidine groups is 1. The van der Waals surface area contributed by atoms with Crippen LogP contribution in [-0.4, -0.2) is 42.6 Å². The number of carbonyl (C=O) groups excluding carboxylic acids is 1. The molecular weight excluding hydrogens is 182 g/mol. The first-order chi connectivity index (χ1) is 6.56. The summed E-state index contributed by atoms with van der Waals surface area (Å²) in [6.07, 6.45) is 5.16. The van der Waals surface area contributed by atoms with Gasteiger partial charge in [-0.15, -0.1) is 6.42 Å². The largest absolute Gasteiger partial charge is 0.385 e. The van der Waals surface area contributed by atoms with Crippen LogP contribution >= 0.6 is 0 Å². The molecular formula is C9H13N3O2. The Bertz CT molecular complexity index is 319. The fourth-order valence-corrected chi connectivity index (χ4v) is 1.40. The minimum atomic E-state index is -0.710. The van der Waals surface area contributed by atoms with Gasteiger partial charge in [0.05, 0.1) is 13.2 Å². The molecule has 2 N–H and O–H groups in total. The molecule has 0 bridgehead atoms. The summed E-state index contributed by atoms with van der Waals surface area (Å²) < 4.78 is 5.00. The minimum absolute atomic E-state index is 0.183. The van der Waals surface area contributed by atoms with Crippen LogP contribution in [0.4, 0.5) is 4.79 Å². The molecule has 1 heterocycles. The third-order valence-electron chi connectivity index (χ3n) is 2.27. The topological polar surface area (TPSA) is 67.9 Å². The lowest BCUT2D eigenvalue weighted by molar-refractivity contribution is 0.0994. The minimum Gasteiger partial charge on any atom is -0.385 e. The third-order valence-corrected chi connectivity index (χ3v) is 2.27. The van der Waals surface area contributed by atoms with Crippen LogP contribution in [-0.2, 0) is 4.74 Å². The van der Waals surface area contributed by atoms with Crippen molar-refractivity contribution in [3.63, 3.8) is 0 Å². The van der Waals surface area contributed by atoms with E-state index >= 15 is 0 Å². The number of rotatable bonds is 3. The fraction of sp³-hybridized carbons (Fsp3) is 0.556. The first-order valence-corrected chi connectivity index (χ1v) is 4.15. The quantitative estimate of drug-likeness (QED) is 0.635. The molecule has 0 radical (unpaired) electrons. The van der Waals surface area contributed by atoms with E-state index in [1.54, 1.807) is 6.92 Å². The number of nitrogens with zero attached hydrogens (tertiary/aromatic N) is 2. The smallest absolute Gasteiger partial charge is 0.346 e. The molecule has 1 atom stereocenters. The highest BCUT2D eigenvalue weighted by atomic mass is 16.5. The zero-order valence-electron chi connectivity index (χ0n) is 8.28. The molecule has 0 aromatic rings. The second kappa shape index (κ2) is 3.68. The van der Waals surface area contributed by atoms with E-state index in [-0.39, 0.29) is 19.0 Å². The van der Waals surface area contributed by atoms with Gasteiger partial charge >= 0.3 is 6.03 Å². The monoisotopic (exact) mass is 195 g/mol. The molecule has 0 fully saturated rings. The third kappa shape index (κ3) is 1.44. The van der Waals surface area contributed by atoms with Gasteiger partial charge in [0.2, 0.25) is 0 Å². The van der Waals surface area contributed by atoms with Crippen LogP contribution in [0.2, 0.25) is 0 Å². The summed E-state index contributed by atoms with van der Waals surface area (Å²) >= 11 is 0. The number of carbonyl (C=O) groups is 1. The zero-order valence-corrected chi connectivity index (χ0v) is 8.28. The SMILES string of the molecule is C#CCN1C(=O)N=C(N)C1(C)COC. The molecule has 1 rings (SSSR count). The van der Waals surface area contributed by atoms with E-state index in [1.807, 2.05) is 0 Å². The summed E-state index contributed by atoms with van der Waals surface area (Å²) in [6.45, 7) is 2.25. The number of ether oxygens (including phenoxy) is 1. The van der Waals surface area contributed by atoms with Gasteiger partial charge in [-0.3, -0.25) is 4.90 Å². The Morgan fingerprint density at radius 2 is 2.43 bits per heavy atom. The number of aliphatic imine (C=N–C) groups is 1. The van der Waals surface area contributed by atoms with Crippen molar-refractivity contribution >= 4 is 11.9 Å². The van der Waals surface area contributed by atoms with E-state index in [9.17, 15) is 4.79 Å². The lowest BCUT2D eigenvalue weighted by atomic mass is 10.0. The standard InChI is InChI=1S/C9H13N3O2/c1-4-5-12-8(13)11-7(10)9(12,2)6-14-3/h1H,5-6H2,2-3H3,(H2,10,11,13). The molecule has 2 amide bonds. The molecule has 0 saturated heterocycles. The van der Waals surface area contributed by atoms with E-state index < -0.39 is 11.6 Å². The second-order valence-corrected chi connectivity index (χ2v) is 3.28. The van der Waals surface area contributed by atoms with Gasteiger partial charge in [-0.05, 0) is 6.92 Å². The van der Waals surface area contributed by atoms with Gasteiger partial charge in [-0.2, -0.15) is 4.99 Å². The maximum absolute atomic E-state index is 11.4. The van der Waals surface area contributed by atoms with Crippen LogP contribution in [0.15, 0.2) is 4.99 Å². The molecule has 0 spiro atoms. The summed E-state index contributed by atoms with van der Waals surface area (Å²) in [6, 6.07) is -0.403. The van der Waals surface area contributed by atoms with E-state index in [2.05, 4.69) is 10.9 Å². The molecule has 5 heteroatoms. The molecule has 1 aliphatic rings. The molecule has 0 aliphatic carbocycles. The van der Waals surface area contributed by atoms with Crippen LogP contribution in [0, 0.1) is 12.3 Å². The van der Waals surface area contributed by atoms with E-state index in [0.717, 1.165) is 0 Å². The second-order valence-electron chi connectivity index (χ2n) is 3.28. The molecule has 0 aromatic heterocycles. The highest BCUT2D eigenvalue weighted by Gasteiger charge is 2.44. The summed E-state index contributed by atoms with van der Waals surface area (Å²) in [7, 11) is 1.54. The predicted molar refractivity (Wildman–Crippen MR) is 52.8 cm³/mol. The Kier molecular flexibility index (Phi) is 2.77. The Morgan fingerprint density at radius 3 is 2.93 bits per heavy atom. The lowest BCUT2D eigenvalue weighted by Crippen LogP contribution is -2.55. The number of urea groups is 1. The van der Waals surface area contributed by atoms with Crippen molar-refractivity contribution in [2.45, 2.75) is 12.5 Å². The number of methoxy groups -OCH3 is 1. The van der Waals surface area contributed by atoms with Crippen LogP contribution in [0.3, 0.4) is 0 Å². The Morgan fingerprint density at radius 1 is 1.79 bits per heavy atom. The zero-order chi connectivity index (χ0) is 10.8. The van der Waals surface area contributed by atoms with Crippen molar-refractivity contribution in [2.24, 2.45) is 10.7 Å². The van der Waals surface area contributed by atoms with Crippen molar-refractivity contribution in [1.82, 2.24) is 4.90 Å². The molecule has 0 saturated carbocycles. The van der Waals surface area contributed by atoms with E-state index in [1.165, 1.54) is 12.0 Å². The Labute approximate surface area is 82.9 Å².